The Hall–Kier alpha value is -3.02. The molecular weight excluding hydrogens is 388 g/mol. The van der Waals surface area contributed by atoms with E-state index in [1.54, 1.807) is 12.1 Å². The molecule has 0 N–H and O–H groups in total. The second-order valence-corrected chi connectivity index (χ2v) is 7.86. The van der Waals surface area contributed by atoms with Crippen LogP contribution in [0, 0.1) is 11.6 Å². The summed E-state index contributed by atoms with van der Waals surface area (Å²) in [6.45, 7) is 1.87. The van der Waals surface area contributed by atoms with Crippen LogP contribution in [0.15, 0.2) is 36.4 Å². The van der Waals surface area contributed by atoms with Crippen LogP contribution in [0.25, 0.3) is 10.9 Å². The summed E-state index contributed by atoms with van der Waals surface area (Å²) < 4.78 is 35.7. The third kappa shape index (κ3) is 3.62. The molecule has 0 amide bonds. The molecule has 1 heterocycles. The summed E-state index contributed by atoms with van der Waals surface area (Å²) in [5.74, 6) is -1.68. The van der Waals surface area contributed by atoms with Gasteiger partial charge in [0.2, 0.25) is 0 Å². The van der Waals surface area contributed by atoms with Crippen molar-refractivity contribution in [3.05, 3.63) is 70.4 Å². The van der Waals surface area contributed by atoms with Crippen molar-refractivity contribution in [2.45, 2.75) is 45.1 Å². The summed E-state index contributed by atoms with van der Waals surface area (Å²) in [6, 6.07) is 9.46. The maximum atomic E-state index is 14.9. The van der Waals surface area contributed by atoms with Gasteiger partial charge in [-0.05, 0) is 43.4 Å². The molecule has 1 atom stereocenters. The lowest BCUT2D eigenvalue weighted by atomic mass is 9.84. The van der Waals surface area contributed by atoms with E-state index in [-0.39, 0.29) is 24.1 Å². The van der Waals surface area contributed by atoms with Gasteiger partial charge < -0.3 is 9.30 Å². The molecule has 4 rings (SSSR count). The molecule has 1 aliphatic rings. The van der Waals surface area contributed by atoms with Crippen LogP contribution in [0.1, 0.15) is 59.3 Å². The Balaban J connectivity index is 1.87. The van der Waals surface area contributed by atoms with E-state index in [9.17, 15) is 18.4 Å². The van der Waals surface area contributed by atoms with Crippen LogP contribution in [0.3, 0.4) is 0 Å². The van der Waals surface area contributed by atoms with E-state index >= 15 is 0 Å². The molecule has 0 spiro atoms. The Morgan fingerprint density at radius 1 is 1.17 bits per heavy atom. The first-order valence-corrected chi connectivity index (χ1v) is 10.1. The van der Waals surface area contributed by atoms with E-state index in [0.29, 0.717) is 29.4 Å². The molecule has 1 aliphatic carbocycles. The van der Waals surface area contributed by atoms with Gasteiger partial charge in [-0.2, -0.15) is 0 Å². The minimum Gasteiger partial charge on any atom is -0.469 e. The van der Waals surface area contributed by atoms with Crippen LogP contribution < -0.4 is 0 Å². The van der Waals surface area contributed by atoms with Crippen molar-refractivity contribution in [3.63, 3.8) is 0 Å². The van der Waals surface area contributed by atoms with Crippen LogP contribution >= 0.6 is 0 Å². The molecule has 6 heteroatoms. The molecule has 0 saturated heterocycles. The summed E-state index contributed by atoms with van der Waals surface area (Å²) in [4.78, 5) is 23.6. The molecule has 30 heavy (non-hydrogen) atoms. The fourth-order valence-corrected chi connectivity index (χ4v) is 4.56. The SMILES string of the molecule is COC(=O)CC1CCCc2c1n(Cc1ccc(C(C)=O)cc1)c1c(F)cc(F)cc21. The quantitative estimate of drug-likeness (QED) is 0.431. The zero-order chi connectivity index (χ0) is 21.4. The van der Waals surface area contributed by atoms with Gasteiger partial charge in [-0.3, -0.25) is 9.59 Å². The Labute approximate surface area is 173 Å². The van der Waals surface area contributed by atoms with Gasteiger partial charge in [0.25, 0.3) is 0 Å². The number of methoxy groups -OCH3 is 1. The molecule has 3 aromatic rings. The fraction of sp³-hybridized carbons (Fsp3) is 0.333. The highest BCUT2D eigenvalue weighted by Crippen LogP contribution is 2.41. The molecule has 0 bridgehead atoms. The van der Waals surface area contributed by atoms with Crippen molar-refractivity contribution in [2.75, 3.05) is 7.11 Å². The van der Waals surface area contributed by atoms with E-state index in [2.05, 4.69) is 0 Å². The predicted molar refractivity (Wildman–Crippen MR) is 110 cm³/mol. The standard InChI is InChI=1S/C24H23F2NO3/c1-14(28)16-8-6-15(7-9-16)13-27-23-17(10-22(29)30-2)4-3-5-19(23)20-11-18(25)12-21(26)24(20)27/h6-9,11-12,17H,3-5,10,13H2,1-2H3. The summed E-state index contributed by atoms with van der Waals surface area (Å²) in [5, 5.41) is 0.567. The molecule has 0 fully saturated rings. The minimum atomic E-state index is -0.614. The smallest absolute Gasteiger partial charge is 0.306 e. The van der Waals surface area contributed by atoms with Gasteiger partial charge in [-0.25, -0.2) is 8.78 Å². The first-order valence-electron chi connectivity index (χ1n) is 10.1. The molecule has 0 radical (unpaired) electrons. The van der Waals surface area contributed by atoms with Gasteiger partial charge in [0.05, 0.1) is 19.0 Å². The topological polar surface area (TPSA) is 48.3 Å². The lowest BCUT2D eigenvalue weighted by Gasteiger charge is -2.25. The predicted octanol–water partition coefficient (Wildman–Crippen LogP) is 5.15. The lowest BCUT2D eigenvalue weighted by Crippen LogP contribution is -2.18. The van der Waals surface area contributed by atoms with Gasteiger partial charge in [-0.15, -0.1) is 0 Å². The Morgan fingerprint density at radius 3 is 2.57 bits per heavy atom. The fourth-order valence-electron chi connectivity index (χ4n) is 4.56. The van der Waals surface area contributed by atoms with Crippen LogP contribution in [0.5, 0.6) is 0 Å². The molecule has 4 nitrogen and oxygen atoms in total. The second-order valence-electron chi connectivity index (χ2n) is 7.86. The largest absolute Gasteiger partial charge is 0.469 e. The lowest BCUT2D eigenvalue weighted by molar-refractivity contribution is -0.141. The van der Waals surface area contributed by atoms with Crippen molar-refractivity contribution in [1.82, 2.24) is 4.57 Å². The molecule has 1 aromatic heterocycles. The summed E-state index contributed by atoms with van der Waals surface area (Å²) in [6.07, 6.45) is 2.54. The molecular formula is C24H23F2NO3. The van der Waals surface area contributed by atoms with Crippen molar-refractivity contribution in [3.8, 4) is 0 Å². The number of Topliss-reactive ketones (excluding diaryl/α,β-unsaturated/α-hetero) is 1. The molecule has 0 saturated carbocycles. The van der Waals surface area contributed by atoms with E-state index in [1.165, 1.54) is 20.1 Å². The normalized spacial score (nSPS) is 15.8. The van der Waals surface area contributed by atoms with Crippen molar-refractivity contribution in [2.24, 2.45) is 0 Å². The summed E-state index contributed by atoms with van der Waals surface area (Å²) >= 11 is 0. The molecule has 2 aromatic carbocycles. The van der Waals surface area contributed by atoms with Crippen LogP contribution in [0.4, 0.5) is 8.78 Å². The number of carbonyl (C=O) groups excluding carboxylic acids is 2. The van der Waals surface area contributed by atoms with Gasteiger partial charge >= 0.3 is 5.97 Å². The number of halogens is 2. The number of aromatic nitrogens is 1. The maximum Gasteiger partial charge on any atom is 0.306 e. The number of nitrogens with zero attached hydrogens (tertiary/aromatic N) is 1. The maximum absolute atomic E-state index is 14.9. The van der Waals surface area contributed by atoms with E-state index in [0.717, 1.165) is 35.7 Å². The second kappa shape index (κ2) is 8.01. The molecule has 0 aliphatic heterocycles. The van der Waals surface area contributed by atoms with Crippen LogP contribution in [-0.4, -0.2) is 23.4 Å². The number of aryl methyl sites for hydroxylation is 1. The van der Waals surface area contributed by atoms with Gasteiger partial charge in [0, 0.05) is 35.2 Å². The first kappa shape index (κ1) is 20.3. The van der Waals surface area contributed by atoms with Crippen LogP contribution in [0.2, 0.25) is 0 Å². The van der Waals surface area contributed by atoms with Gasteiger partial charge in [-0.1, -0.05) is 24.3 Å². The number of rotatable bonds is 5. The first-order chi connectivity index (χ1) is 14.4. The number of hydrogen-bond acceptors (Lipinski definition) is 3. The zero-order valence-corrected chi connectivity index (χ0v) is 17.0. The van der Waals surface area contributed by atoms with E-state index < -0.39 is 11.6 Å². The van der Waals surface area contributed by atoms with Gasteiger partial charge in [0.15, 0.2) is 5.78 Å². The summed E-state index contributed by atoms with van der Waals surface area (Å²) in [7, 11) is 1.35. The highest BCUT2D eigenvalue weighted by molar-refractivity contribution is 5.94. The highest BCUT2D eigenvalue weighted by atomic mass is 19.1. The molecule has 156 valence electrons. The van der Waals surface area contributed by atoms with E-state index in [4.69, 9.17) is 4.74 Å². The van der Waals surface area contributed by atoms with Crippen molar-refractivity contribution in [1.29, 1.82) is 0 Å². The third-order valence-electron chi connectivity index (χ3n) is 5.93. The Bertz CT molecular complexity index is 1130. The highest BCUT2D eigenvalue weighted by Gasteiger charge is 2.31. The number of ether oxygens (including phenoxy) is 1. The minimum absolute atomic E-state index is 0.0231. The average Bonchev–Trinajstić information content (AvgIpc) is 3.03. The number of benzene rings is 2. The zero-order valence-electron chi connectivity index (χ0n) is 17.0. The third-order valence-corrected chi connectivity index (χ3v) is 5.93. The number of carbonyl (C=O) groups is 2. The number of fused-ring (bicyclic) bond motifs is 3. The number of ketones is 1. The Morgan fingerprint density at radius 2 is 1.90 bits per heavy atom. The van der Waals surface area contributed by atoms with E-state index in [1.807, 2.05) is 16.7 Å². The molecule has 1 unspecified atom stereocenters. The van der Waals surface area contributed by atoms with Crippen LogP contribution in [-0.2, 0) is 22.5 Å². The van der Waals surface area contributed by atoms with Crippen molar-refractivity contribution < 1.29 is 23.1 Å². The van der Waals surface area contributed by atoms with Crippen molar-refractivity contribution >= 4 is 22.7 Å². The Kier molecular flexibility index (Phi) is 5.41. The average molecular weight is 411 g/mol. The number of hydrogen-bond donors (Lipinski definition) is 0. The number of esters is 1. The summed E-state index contributed by atoms with van der Waals surface area (Å²) in [5.41, 5.74) is 3.64. The monoisotopic (exact) mass is 411 g/mol. The van der Waals surface area contributed by atoms with Gasteiger partial charge in [0.1, 0.15) is 11.6 Å².